The number of aromatic nitrogens is 2. The zero-order valence-electron chi connectivity index (χ0n) is 17.9. The summed E-state index contributed by atoms with van der Waals surface area (Å²) in [6.07, 6.45) is 7.11. The number of benzene rings is 1. The monoisotopic (exact) mass is 421 g/mol. The van der Waals surface area contributed by atoms with Gasteiger partial charge in [-0.1, -0.05) is 30.3 Å². The van der Waals surface area contributed by atoms with Gasteiger partial charge in [0.25, 0.3) is 0 Å². The van der Waals surface area contributed by atoms with E-state index in [2.05, 4.69) is 55.4 Å². The third kappa shape index (κ3) is 4.63. The molecule has 0 amide bonds. The van der Waals surface area contributed by atoms with Gasteiger partial charge < -0.3 is 10.4 Å². The van der Waals surface area contributed by atoms with E-state index in [9.17, 15) is 9.90 Å². The Morgan fingerprint density at radius 1 is 1.10 bits per heavy atom. The highest BCUT2D eigenvalue weighted by molar-refractivity contribution is 5.69. The van der Waals surface area contributed by atoms with Crippen LogP contribution in [0, 0.1) is 0 Å². The van der Waals surface area contributed by atoms with Crippen LogP contribution in [0.5, 0.6) is 0 Å². The van der Waals surface area contributed by atoms with E-state index in [-0.39, 0.29) is 12.0 Å². The molecule has 31 heavy (non-hydrogen) atoms. The van der Waals surface area contributed by atoms with Crippen molar-refractivity contribution in [1.82, 2.24) is 25.1 Å². The van der Waals surface area contributed by atoms with Gasteiger partial charge in [0.05, 0.1) is 18.5 Å². The van der Waals surface area contributed by atoms with E-state index in [0.717, 1.165) is 44.8 Å². The van der Waals surface area contributed by atoms with Gasteiger partial charge in [-0.3, -0.25) is 14.6 Å². The average molecular weight is 422 g/mol. The van der Waals surface area contributed by atoms with Crippen molar-refractivity contribution in [2.45, 2.75) is 55.8 Å². The Hall–Kier alpha value is -2.35. The zero-order chi connectivity index (χ0) is 21.3. The number of hydrogen-bond acceptors (Lipinski definition) is 6. The number of rotatable bonds is 8. The summed E-state index contributed by atoms with van der Waals surface area (Å²) < 4.78 is 0. The number of carboxylic acids is 1. The van der Waals surface area contributed by atoms with Crippen molar-refractivity contribution in [1.29, 1.82) is 0 Å². The van der Waals surface area contributed by atoms with E-state index in [1.807, 2.05) is 6.07 Å². The molecule has 0 radical (unpaired) electrons. The summed E-state index contributed by atoms with van der Waals surface area (Å²) in [4.78, 5) is 24.9. The summed E-state index contributed by atoms with van der Waals surface area (Å²) >= 11 is 0. The third-order valence-corrected chi connectivity index (χ3v) is 7.13. The summed E-state index contributed by atoms with van der Waals surface area (Å²) in [6, 6.07) is 13.7. The Bertz CT molecular complexity index is 879. The van der Waals surface area contributed by atoms with Gasteiger partial charge in [0.1, 0.15) is 5.82 Å². The molecule has 1 aromatic carbocycles. The molecule has 2 saturated heterocycles. The van der Waals surface area contributed by atoms with Gasteiger partial charge in [-0.2, -0.15) is 0 Å². The fraction of sp³-hybridized carbons (Fsp3) is 0.542. The molecule has 7 heteroatoms. The second-order valence-corrected chi connectivity index (χ2v) is 9.39. The first kappa shape index (κ1) is 20.5. The smallest absolute Gasteiger partial charge is 0.305 e. The zero-order valence-corrected chi connectivity index (χ0v) is 17.9. The summed E-state index contributed by atoms with van der Waals surface area (Å²) in [5, 5.41) is 13.4. The normalized spacial score (nSPS) is 26.3. The number of nitrogens with zero attached hydrogens (tertiary/aromatic N) is 4. The largest absolute Gasteiger partial charge is 0.481 e. The number of hydrogen-bond donors (Lipinski definition) is 2. The minimum Gasteiger partial charge on any atom is -0.481 e. The van der Waals surface area contributed by atoms with E-state index in [0.29, 0.717) is 24.5 Å². The van der Waals surface area contributed by atoms with Crippen molar-refractivity contribution < 1.29 is 9.90 Å². The second-order valence-electron chi connectivity index (χ2n) is 9.39. The van der Waals surface area contributed by atoms with Crippen LogP contribution in [0.25, 0.3) is 0 Å². The molecule has 1 aliphatic carbocycles. The van der Waals surface area contributed by atoms with Crippen LogP contribution in [0.1, 0.15) is 43.0 Å². The highest BCUT2D eigenvalue weighted by Crippen LogP contribution is 2.42. The molecule has 2 N–H and O–H groups in total. The van der Waals surface area contributed by atoms with Crippen molar-refractivity contribution in [3.63, 3.8) is 0 Å². The first-order valence-electron chi connectivity index (χ1n) is 11.4. The van der Waals surface area contributed by atoms with Crippen molar-refractivity contribution >= 4 is 5.97 Å². The lowest BCUT2D eigenvalue weighted by Crippen LogP contribution is -2.71. The number of likely N-dealkylation sites (tertiary alicyclic amines) is 2. The number of nitrogens with one attached hydrogen (secondary N) is 1. The van der Waals surface area contributed by atoms with E-state index in [4.69, 9.17) is 0 Å². The molecular formula is C24H31N5O2. The first-order valence-corrected chi connectivity index (χ1v) is 11.4. The second kappa shape index (κ2) is 8.65. The molecule has 2 aliphatic heterocycles. The van der Waals surface area contributed by atoms with Crippen molar-refractivity contribution in [3.05, 3.63) is 60.2 Å². The Morgan fingerprint density at radius 3 is 2.48 bits per heavy atom. The summed E-state index contributed by atoms with van der Waals surface area (Å²) in [6.45, 7) is 4.15. The maximum Gasteiger partial charge on any atom is 0.305 e. The fourth-order valence-electron chi connectivity index (χ4n) is 5.49. The third-order valence-electron chi connectivity index (χ3n) is 7.13. The van der Waals surface area contributed by atoms with E-state index < -0.39 is 5.97 Å². The van der Waals surface area contributed by atoms with Gasteiger partial charge in [0, 0.05) is 56.6 Å². The minimum atomic E-state index is -0.709. The van der Waals surface area contributed by atoms with Gasteiger partial charge in [-0.15, -0.1) is 0 Å². The predicted octanol–water partition coefficient (Wildman–Crippen LogP) is 2.12. The molecule has 164 valence electrons. The van der Waals surface area contributed by atoms with Crippen molar-refractivity contribution in [3.8, 4) is 0 Å². The van der Waals surface area contributed by atoms with Gasteiger partial charge >= 0.3 is 5.97 Å². The molecule has 1 saturated carbocycles. The molecule has 0 bridgehead atoms. The molecule has 3 fully saturated rings. The molecule has 2 atom stereocenters. The summed E-state index contributed by atoms with van der Waals surface area (Å²) in [7, 11) is 0. The maximum absolute atomic E-state index is 11.6. The van der Waals surface area contributed by atoms with Crippen LogP contribution in [0.3, 0.4) is 0 Å². The topological polar surface area (TPSA) is 81.6 Å². The van der Waals surface area contributed by atoms with Gasteiger partial charge in [-0.05, 0) is 30.9 Å². The summed E-state index contributed by atoms with van der Waals surface area (Å²) in [5.74, 6) is 0.740. The van der Waals surface area contributed by atoms with Crippen molar-refractivity contribution in [2.75, 3.05) is 26.2 Å². The summed E-state index contributed by atoms with van der Waals surface area (Å²) in [5.41, 5.74) is 1.19. The van der Waals surface area contributed by atoms with Crippen molar-refractivity contribution in [2.24, 2.45) is 0 Å². The number of aliphatic carboxylic acids is 1. The van der Waals surface area contributed by atoms with Crippen LogP contribution in [0.4, 0.5) is 0 Å². The number of piperidine rings is 1. The van der Waals surface area contributed by atoms with E-state index in [1.165, 1.54) is 12.0 Å². The lowest BCUT2D eigenvalue weighted by atomic mass is 9.82. The van der Waals surface area contributed by atoms with Crippen LogP contribution in [-0.2, 0) is 11.3 Å². The molecule has 0 spiro atoms. The van der Waals surface area contributed by atoms with E-state index in [1.54, 1.807) is 12.4 Å². The predicted molar refractivity (Wildman–Crippen MR) is 118 cm³/mol. The highest BCUT2D eigenvalue weighted by Gasteiger charge is 2.50. The molecule has 2 aromatic rings. The standard InChI is InChI=1S/C24H31N5O2/c30-23(31)14-24(16-28(17-24)15-22-25-9-4-10-26-22)29-11-7-19(8-12-29)27-21-13-20(21)18-5-2-1-3-6-18/h1-6,9-10,19-21,27H,7-8,11-17H2,(H,30,31)/t20-,21+/m0/s1. The van der Waals surface area contributed by atoms with Crippen LogP contribution >= 0.6 is 0 Å². The van der Waals surface area contributed by atoms with Gasteiger partial charge in [-0.25, -0.2) is 9.97 Å². The lowest BCUT2D eigenvalue weighted by molar-refractivity contribution is -0.147. The highest BCUT2D eigenvalue weighted by atomic mass is 16.4. The van der Waals surface area contributed by atoms with Gasteiger partial charge in [0.2, 0.25) is 0 Å². The molecule has 3 aliphatic rings. The van der Waals surface area contributed by atoms with Crippen LogP contribution in [-0.4, -0.2) is 74.6 Å². The minimum absolute atomic E-state index is 0.204. The molecule has 5 rings (SSSR count). The molecule has 1 aromatic heterocycles. The van der Waals surface area contributed by atoms with Crippen LogP contribution < -0.4 is 5.32 Å². The quantitative estimate of drug-likeness (QED) is 0.676. The Kier molecular flexibility index (Phi) is 5.73. The van der Waals surface area contributed by atoms with Gasteiger partial charge in [0.15, 0.2) is 0 Å². The Labute approximate surface area is 183 Å². The first-order chi connectivity index (χ1) is 15.1. The average Bonchev–Trinajstić information content (AvgIpc) is 3.53. The SMILES string of the molecule is O=C(O)CC1(N2CCC(N[C@@H]3C[C@H]3c3ccccc3)CC2)CN(Cc2ncccn2)C1. The molecular weight excluding hydrogens is 390 g/mol. The molecule has 3 heterocycles. The fourth-order valence-corrected chi connectivity index (χ4v) is 5.49. The van der Waals surface area contributed by atoms with E-state index >= 15 is 0 Å². The Balaban J connectivity index is 1.13. The molecule has 7 nitrogen and oxygen atoms in total. The Morgan fingerprint density at radius 2 is 1.81 bits per heavy atom. The number of carboxylic acid groups (broad SMARTS) is 1. The number of carbonyl (C=O) groups is 1. The molecule has 0 unspecified atom stereocenters. The lowest BCUT2D eigenvalue weighted by Gasteiger charge is -2.57. The van der Waals surface area contributed by atoms with Crippen LogP contribution in [0.15, 0.2) is 48.8 Å². The maximum atomic E-state index is 11.6. The van der Waals surface area contributed by atoms with Crippen LogP contribution in [0.2, 0.25) is 0 Å².